The van der Waals surface area contributed by atoms with E-state index in [1.807, 2.05) is 12.1 Å². The van der Waals surface area contributed by atoms with Crippen molar-refractivity contribution in [2.24, 2.45) is 0 Å². The zero-order valence-electron chi connectivity index (χ0n) is 18.9. The normalized spacial score (nSPS) is 19.6. The van der Waals surface area contributed by atoms with Crippen molar-refractivity contribution >= 4 is 11.5 Å². The Morgan fingerprint density at radius 3 is 2.00 bits per heavy atom. The van der Waals surface area contributed by atoms with Crippen LogP contribution in [0.4, 0.5) is 0 Å². The van der Waals surface area contributed by atoms with Crippen LogP contribution in [0.15, 0.2) is 43.0 Å². The zero-order chi connectivity index (χ0) is 21.8. The molecule has 2 aromatic carbocycles. The fourth-order valence-corrected chi connectivity index (χ4v) is 3.83. The third-order valence-corrected chi connectivity index (χ3v) is 5.80. The van der Waals surface area contributed by atoms with Gasteiger partial charge in [0.1, 0.15) is 0 Å². The molecule has 0 radical (unpaired) electrons. The summed E-state index contributed by atoms with van der Waals surface area (Å²) in [6, 6.07) is 10.3. The van der Waals surface area contributed by atoms with Crippen molar-refractivity contribution in [2.45, 2.75) is 58.2 Å². The Hall–Kier alpha value is -2.35. The number of benzene rings is 2. The molecule has 2 aromatic rings. The third-order valence-electron chi connectivity index (χ3n) is 5.80. The Morgan fingerprint density at radius 1 is 1.00 bits per heavy atom. The number of carboxylic acids is 1. The minimum Gasteiger partial charge on any atom is -0.478 e. The van der Waals surface area contributed by atoms with Gasteiger partial charge in [0.15, 0.2) is 0 Å². The van der Waals surface area contributed by atoms with Crippen molar-refractivity contribution < 1.29 is 14.0 Å². The van der Waals surface area contributed by atoms with Gasteiger partial charge in [0.25, 0.3) is 0 Å². The number of aryl methyl sites for hydroxylation is 1. The van der Waals surface area contributed by atoms with Gasteiger partial charge in [0, 0.05) is 4.11 Å². The van der Waals surface area contributed by atoms with Crippen LogP contribution in [-0.4, -0.2) is 11.1 Å². The van der Waals surface area contributed by atoms with Gasteiger partial charge >= 0.3 is 5.97 Å². The molecule has 1 aliphatic rings. The SMILES string of the molecule is [2H]C([2H])([2H])c1cc2c(cc1C(=C)c1ccc(C(=O)O)cc1)C(C)(C)CCC2(C)C. The van der Waals surface area contributed by atoms with E-state index < -0.39 is 12.8 Å². The summed E-state index contributed by atoms with van der Waals surface area (Å²) in [6.45, 7) is 10.6. The predicted molar refractivity (Wildman–Crippen MR) is 108 cm³/mol. The summed E-state index contributed by atoms with van der Waals surface area (Å²) in [5.74, 6) is -0.997. The molecule has 26 heavy (non-hydrogen) atoms. The molecule has 0 amide bonds. The average molecular weight is 352 g/mol. The second-order valence-electron chi connectivity index (χ2n) is 8.57. The molecule has 2 nitrogen and oxygen atoms in total. The molecule has 0 bridgehead atoms. The van der Waals surface area contributed by atoms with Crippen molar-refractivity contribution in [1.82, 2.24) is 0 Å². The summed E-state index contributed by atoms with van der Waals surface area (Å²) >= 11 is 0. The smallest absolute Gasteiger partial charge is 0.335 e. The van der Waals surface area contributed by atoms with Crippen LogP contribution >= 0.6 is 0 Å². The number of hydrogen-bond donors (Lipinski definition) is 1. The molecular formula is C24H28O2. The molecule has 0 heterocycles. The quantitative estimate of drug-likeness (QED) is 0.725. The second kappa shape index (κ2) is 6.12. The lowest BCUT2D eigenvalue weighted by Gasteiger charge is -2.42. The van der Waals surface area contributed by atoms with E-state index in [1.54, 1.807) is 12.1 Å². The molecule has 1 N–H and O–H groups in total. The molecule has 3 rings (SSSR count). The highest BCUT2D eigenvalue weighted by molar-refractivity contribution is 5.89. The number of hydrogen-bond acceptors (Lipinski definition) is 1. The number of rotatable bonds is 3. The number of carboxylic acid groups (broad SMARTS) is 1. The fraction of sp³-hybridized carbons (Fsp3) is 0.375. The summed E-state index contributed by atoms with van der Waals surface area (Å²) in [5.41, 5.74) is 4.52. The summed E-state index contributed by atoms with van der Waals surface area (Å²) in [5, 5.41) is 9.12. The van der Waals surface area contributed by atoms with Gasteiger partial charge in [-0.3, -0.25) is 0 Å². The van der Waals surface area contributed by atoms with Crippen LogP contribution in [0.5, 0.6) is 0 Å². The molecule has 0 aromatic heterocycles. The molecule has 0 aliphatic heterocycles. The summed E-state index contributed by atoms with van der Waals surface area (Å²) in [7, 11) is 0. The van der Waals surface area contributed by atoms with Gasteiger partial charge in [-0.15, -0.1) is 0 Å². The number of aromatic carboxylic acids is 1. The van der Waals surface area contributed by atoms with Crippen LogP contribution in [0.25, 0.3) is 5.57 Å². The van der Waals surface area contributed by atoms with Gasteiger partial charge in [-0.05, 0) is 76.0 Å². The monoisotopic (exact) mass is 351 g/mol. The van der Waals surface area contributed by atoms with Crippen LogP contribution < -0.4 is 0 Å². The second-order valence-corrected chi connectivity index (χ2v) is 8.57. The molecule has 0 atom stereocenters. The van der Waals surface area contributed by atoms with E-state index in [1.165, 1.54) is 17.7 Å². The Morgan fingerprint density at radius 2 is 1.50 bits per heavy atom. The van der Waals surface area contributed by atoms with E-state index in [4.69, 9.17) is 9.22 Å². The van der Waals surface area contributed by atoms with Gasteiger partial charge in [0.05, 0.1) is 5.56 Å². The highest BCUT2D eigenvalue weighted by Crippen LogP contribution is 2.47. The molecule has 0 saturated carbocycles. The Kier molecular flexibility index (Phi) is 3.48. The maximum absolute atomic E-state index is 11.1. The van der Waals surface area contributed by atoms with Crippen LogP contribution in [0.3, 0.4) is 0 Å². The van der Waals surface area contributed by atoms with Gasteiger partial charge in [-0.25, -0.2) is 4.79 Å². The minimum atomic E-state index is -2.27. The van der Waals surface area contributed by atoms with Crippen LogP contribution in [0.1, 0.15) is 82.8 Å². The minimum absolute atomic E-state index is 0.0552. The lowest BCUT2D eigenvalue weighted by molar-refractivity contribution is 0.0697. The first-order valence-electron chi connectivity index (χ1n) is 10.5. The van der Waals surface area contributed by atoms with Gasteiger partial charge < -0.3 is 5.11 Å². The fourth-order valence-electron chi connectivity index (χ4n) is 3.83. The topological polar surface area (TPSA) is 37.3 Å². The maximum atomic E-state index is 11.1. The molecule has 0 spiro atoms. The Balaban J connectivity index is 2.22. The molecule has 0 fully saturated rings. The van der Waals surface area contributed by atoms with Crippen molar-refractivity contribution in [3.8, 4) is 0 Å². The average Bonchev–Trinajstić information content (AvgIpc) is 2.63. The third kappa shape index (κ3) is 3.09. The van der Waals surface area contributed by atoms with Gasteiger partial charge in [-0.1, -0.05) is 58.5 Å². The van der Waals surface area contributed by atoms with E-state index >= 15 is 0 Å². The van der Waals surface area contributed by atoms with Crippen LogP contribution in [-0.2, 0) is 10.8 Å². The molecule has 0 saturated heterocycles. The Labute approximate surface area is 160 Å². The molecule has 136 valence electrons. The van der Waals surface area contributed by atoms with Crippen molar-refractivity contribution in [1.29, 1.82) is 0 Å². The highest BCUT2D eigenvalue weighted by Gasteiger charge is 2.37. The zero-order valence-corrected chi connectivity index (χ0v) is 15.9. The van der Waals surface area contributed by atoms with Gasteiger partial charge in [-0.2, -0.15) is 0 Å². The molecule has 1 aliphatic carbocycles. The summed E-state index contributed by atoms with van der Waals surface area (Å²) in [6.07, 6.45) is 2.03. The van der Waals surface area contributed by atoms with Crippen molar-refractivity contribution in [3.63, 3.8) is 0 Å². The first-order valence-corrected chi connectivity index (χ1v) is 8.96. The van der Waals surface area contributed by atoms with Crippen LogP contribution in [0.2, 0.25) is 0 Å². The summed E-state index contributed by atoms with van der Waals surface area (Å²) < 4.78 is 24.4. The van der Waals surface area contributed by atoms with E-state index in [0.29, 0.717) is 22.3 Å². The first-order chi connectivity index (χ1) is 13.2. The first kappa shape index (κ1) is 14.8. The molecule has 0 unspecified atom stereocenters. The lowest BCUT2D eigenvalue weighted by atomic mass is 9.62. The van der Waals surface area contributed by atoms with Crippen molar-refractivity contribution in [3.05, 3.63) is 76.4 Å². The number of carbonyl (C=O) groups is 1. The van der Waals surface area contributed by atoms with Crippen molar-refractivity contribution in [2.75, 3.05) is 0 Å². The lowest BCUT2D eigenvalue weighted by Crippen LogP contribution is -2.34. The maximum Gasteiger partial charge on any atom is 0.335 e. The number of fused-ring (bicyclic) bond motifs is 1. The van der Waals surface area contributed by atoms with E-state index in [-0.39, 0.29) is 16.4 Å². The molecular weight excluding hydrogens is 320 g/mol. The van der Waals surface area contributed by atoms with E-state index in [9.17, 15) is 4.79 Å². The Bertz CT molecular complexity index is 980. The molecule has 2 heteroatoms. The van der Waals surface area contributed by atoms with Crippen LogP contribution in [0, 0.1) is 6.85 Å². The van der Waals surface area contributed by atoms with E-state index in [2.05, 4.69) is 34.3 Å². The largest absolute Gasteiger partial charge is 0.478 e. The standard InChI is InChI=1S/C24H28O2/c1-15-13-20-21(24(5,6)12-11-23(20,3)4)14-19(15)16(2)17-7-9-18(10-8-17)22(25)26/h7-10,13-14H,2,11-12H2,1,3-6H3,(H,25,26)/i1D3. The summed E-state index contributed by atoms with van der Waals surface area (Å²) in [4.78, 5) is 11.1. The highest BCUT2D eigenvalue weighted by atomic mass is 16.4. The van der Waals surface area contributed by atoms with Gasteiger partial charge in [0.2, 0.25) is 0 Å². The predicted octanol–water partition coefficient (Wildman–Crippen LogP) is 6.10. The van der Waals surface area contributed by atoms with E-state index in [0.717, 1.165) is 18.4 Å².